The van der Waals surface area contributed by atoms with Gasteiger partial charge in [-0.1, -0.05) is 6.07 Å². The van der Waals surface area contributed by atoms with Crippen LogP contribution in [0.5, 0.6) is 0 Å². The van der Waals surface area contributed by atoms with Crippen molar-refractivity contribution in [2.75, 3.05) is 25.2 Å². The first kappa shape index (κ1) is 14.6. The molecule has 1 aliphatic rings. The van der Waals surface area contributed by atoms with Crippen LogP contribution in [0.4, 0.5) is 19.0 Å². The number of alkyl halides is 3. The highest BCUT2D eigenvalue weighted by Gasteiger charge is 2.38. The van der Waals surface area contributed by atoms with Crippen LogP contribution in [0, 0.1) is 5.92 Å². The van der Waals surface area contributed by atoms with Crippen LogP contribution >= 0.6 is 0 Å². The molecule has 8 heteroatoms. The summed E-state index contributed by atoms with van der Waals surface area (Å²) in [5, 5.41) is 9.06. The van der Waals surface area contributed by atoms with E-state index in [-0.39, 0.29) is 19.0 Å². The van der Waals surface area contributed by atoms with Crippen LogP contribution in [0.25, 0.3) is 0 Å². The number of carboxylic acid groups (broad SMARTS) is 1. The SMILES string of the molecule is CN(c1cccc(C(F)(F)F)n1)C1COCC1C(=O)O. The minimum atomic E-state index is -4.53. The lowest BCUT2D eigenvalue weighted by Crippen LogP contribution is -2.41. The molecule has 1 saturated heterocycles. The summed E-state index contributed by atoms with van der Waals surface area (Å²) in [6.45, 7) is 0.189. The van der Waals surface area contributed by atoms with Crippen LogP contribution < -0.4 is 4.90 Å². The number of aliphatic carboxylic acids is 1. The lowest BCUT2D eigenvalue weighted by molar-refractivity contribution is -0.142. The topological polar surface area (TPSA) is 62.7 Å². The minimum absolute atomic E-state index is 0.0449. The highest BCUT2D eigenvalue weighted by atomic mass is 19.4. The molecule has 0 bridgehead atoms. The lowest BCUT2D eigenvalue weighted by Gasteiger charge is -2.27. The van der Waals surface area contributed by atoms with Gasteiger partial charge in [0, 0.05) is 7.05 Å². The molecular formula is C12H13F3N2O3. The average molecular weight is 290 g/mol. The van der Waals surface area contributed by atoms with Gasteiger partial charge in [-0.3, -0.25) is 4.79 Å². The van der Waals surface area contributed by atoms with Crippen molar-refractivity contribution >= 4 is 11.8 Å². The summed E-state index contributed by atoms with van der Waals surface area (Å²) in [4.78, 5) is 16.0. The first-order valence-corrected chi connectivity index (χ1v) is 5.88. The highest BCUT2D eigenvalue weighted by molar-refractivity contribution is 5.72. The molecule has 1 N–H and O–H groups in total. The number of ether oxygens (including phenoxy) is 1. The molecule has 0 saturated carbocycles. The van der Waals surface area contributed by atoms with Gasteiger partial charge in [-0.05, 0) is 12.1 Å². The predicted octanol–water partition coefficient (Wildman–Crippen LogP) is 1.64. The van der Waals surface area contributed by atoms with Crippen molar-refractivity contribution in [3.05, 3.63) is 23.9 Å². The standard InChI is InChI=1S/C12H13F3N2O3/c1-17(8-6-20-5-7(8)11(18)19)10-4-2-3-9(16-10)12(13,14)15/h2-4,7-8H,5-6H2,1H3,(H,18,19). The Morgan fingerprint density at radius 1 is 1.45 bits per heavy atom. The zero-order valence-corrected chi connectivity index (χ0v) is 10.6. The molecule has 0 aromatic carbocycles. The monoisotopic (exact) mass is 290 g/mol. The molecule has 1 aliphatic heterocycles. The van der Waals surface area contributed by atoms with Gasteiger partial charge in [0.1, 0.15) is 17.4 Å². The van der Waals surface area contributed by atoms with Gasteiger partial charge >= 0.3 is 12.1 Å². The fraction of sp³-hybridized carbons (Fsp3) is 0.500. The Kier molecular flexibility index (Phi) is 3.85. The largest absolute Gasteiger partial charge is 0.481 e. The van der Waals surface area contributed by atoms with Gasteiger partial charge in [-0.15, -0.1) is 0 Å². The molecule has 0 aliphatic carbocycles. The van der Waals surface area contributed by atoms with Crippen molar-refractivity contribution in [3.63, 3.8) is 0 Å². The third kappa shape index (κ3) is 2.84. The van der Waals surface area contributed by atoms with E-state index in [1.54, 1.807) is 0 Å². The zero-order chi connectivity index (χ0) is 14.9. The van der Waals surface area contributed by atoms with Crippen molar-refractivity contribution < 1.29 is 27.8 Å². The lowest BCUT2D eigenvalue weighted by atomic mass is 10.0. The summed E-state index contributed by atoms with van der Waals surface area (Å²) in [6.07, 6.45) is -4.53. The Hall–Kier alpha value is -1.83. The van der Waals surface area contributed by atoms with Gasteiger partial charge in [-0.2, -0.15) is 13.2 Å². The maximum atomic E-state index is 12.6. The van der Waals surface area contributed by atoms with E-state index in [4.69, 9.17) is 9.84 Å². The summed E-state index contributed by atoms with van der Waals surface area (Å²) in [6, 6.07) is 2.99. The van der Waals surface area contributed by atoms with E-state index < -0.39 is 29.8 Å². The number of carbonyl (C=O) groups is 1. The minimum Gasteiger partial charge on any atom is -0.481 e. The van der Waals surface area contributed by atoms with E-state index in [0.29, 0.717) is 0 Å². The Labute approximate surface area is 113 Å². The van der Waals surface area contributed by atoms with Crippen LogP contribution in [-0.2, 0) is 15.7 Å². The molecule has 0 radical (unpaired) electrons. The van der Waals surface area contributed by atoms with Gasteiger partial charge in [0.05, 0.1) is 19.3 Å². The molecule has 110 valence electrons. The number of nitrogens with zero attached hydrogens (tertiary/aromatic N) is 2. The van der Waals surface area contributed by atoms with Crippen molar-refractivity contribution in [3.8, 4) is 0 Å². The van der Waals surface area contributed by atoms with E-state index in [0.717, 1.165) is 6.07 Å². The molecule has 2 heterocycles. The molecule has 0 spiro atoms. The second-order valence-electron chi connectivity index (χ2n) is 4.54. The van der Waals surface area contributed by atoms with Crippen LogP contribution in [-0.4, -0.2) is 42.4 Å². The average Bonchev–Trinajstić information content (AvgIpc) is 2.86. The molecule has 5 nitrogen and oxygen atoms in total. The smallest absolute Gasteiger partial charge is 0.433 e. The number of pyridine rings is 1. The molecule has 2 unspecified atom stereocenters. The van der Waals surface area contributed by atoms with Gasteiger partial charge in [-0.25, -0.2) is 4.98 Å². The number of hydrogen-bond donors (Lipinski definition) is 1. The number of carboxylic acids is 1. The summed E-state index contributed by atoms with van der Waals surface area (Å²) in [5.74, 6) is -1.75. The fourth-order valence-corrected chi connectivity index (χ4v) is 2.11. The normalized spacial score (nSPS) is 22.8. The first-order chi connectivity index (χ1) is 9.30. The molecule has 1 fully saturated rings. The Bertz CT molecular complexity index is 507. The van der Waals surface area contributed by atoms with Crippen LogP contribution in [0.3, 0.4) is 0 Å². The highest BCUT2D eigenvalue weighted by Crippen LogP contribution is 2.30. The number of halogens is 3. The number of likely N-dealkylation sites (N-methyl/N-ethyl adjacent to an activating group) is 1. The molecule has 2 atom stereocenters. The van der Waals surface area contributed by atoms with Gasteiger partial charge in [0.15, 0.2) is 0 Å². The van der Waals surface area contributed by atoms with Gasteiger partial charge in [0.2, 0.25) is 0 Å². The van der Waals surface area contributed by atoms with Crippen LogP contribution in [0.15, 0.2) is 18.2 Å². The van der Waals surface area contributed by atoms with Crippen molar-refractivity contribution in [2.24, 2.45) is 5.92 Å². The summed E-state index contributed by atoms with van der Waals surface area (Å²) in [7, 11) is 1.51. The maximum absolute atomic E-state index is 12.6. The zero-order valence-electron chi connectivity index (χ0n) is 10.6. The summed E-state index contributed by atoms with van der Waals surface area (Å²) >= 11 is 0. The Balaban J connectivity index is 2.25. The third-order valence-electron chi connectivity index (χ3n) is 3.25. The Morgan fingerprint density at radius 2 is 2.15 bits per heavy atom. The van der Waals surface area contributed by atoms with Gasteiger partial charge in [0.25, 0.3) is 0 Å². The van der Waals surface area contributed by atoms with E-state index in [1.807, 2.05) is 0 Å². The van der Waals surface area contributed by atoms with E-state index in [9.17, 15) is 18.0 Å². The second-order valence-corrected chi connectivity index (χ2v) is 4.54. The van der Waals surface area contributed by atoms with E-state index in [1.165, 1.54) is 24.1 Å². The van der Waals surface area contributed by atoms with E-state index >= 15 is 0 Å². The predicted molar refractivity (Wildman–Crippen MR) is 63.4 cm³/mol. The van der Waals surface area contributed by atoms with E-state index in [2.05, 4.69) is 4.98 Å². The Morgan fingerprint density at radius 3 is 2.75 bits per heavy atom. The number of anilines is 1. The van der Waals surface area contributed by atoms with Crippen molar-refractivity contribution in [1.82, 2.24) is 4.98 Å². The molecular weight excluding hydrogens is 277 g/mol. The summed E-state index contributed by atoms with van der Waals surface area (Å²) < 4.78 is 42.9. The third-order valence-corrected chi connectivity index (χ3v) is 3.25. The fourth-order valence-electron chi connectivity index (χ4n) is 2.11. The molecule has 2 rings (SSSR count). The second kappa shape index (κ2) is 5.28. The number of hydrogen-bond acceptors (Lipinski definition) is 4. The van der Waals surface area contributed by atoms with Gasteiger partial charge < -0.3 is 14.7 Å². The number of aromatic nitrogens is 1. The van der Waals surface area contributed by atoms with Crippen molar-refractivity contribution in [2.45, 2.75) is 12.2 Å². The molecule has 0 amide bonds. The van der Waals surface area contributed by atoms with Crippen LogP contribution in [0.2, 0.25) is 0 Å². The number of rotatable bonds is 3. The first-order valence-electron chi connectivity index (χ1n) is 5.88. The molecule has 1 aromatic rings. The molecule has 1 aromatic heterocycles. The summed E-state index contributed by atoms with van der Waals surface area (Å²) in [5.41, 5.74) is -1.01. The quantitative estimate of drug-likeness (QED) is 0.917. The van der Waals surface area contributed by atoms with Crippen LogP contribution in [0.1, 0.15) is 5.69 Å². The molecule has 20 heavy (non-hydrogen) atoms. The van der Waals surface area contributed by atoms with Crippen molar-refractivity contribution in [1.29, 1.82) is 0 Å². The maximum Gasteiger partial charge on any atom is 0.433 e.